The summed E-state index contributed by atoms with van der Waals surface area (Å²) in [7, 11) is -1.43. The molecule has 1 heterocycles. The quantitative estimate of drug-likeness (QED) is 0.800. The van der Waals surface area contributed by atoms with E-state index in [1.54, 1.807) is 12.1 Å². The van der Waals surface area contributed by atoms with Crippen molar-refractivity contribution >= 4 is 27.2 Å². The molecule has 0 aromatic heterocycles. The molecule has 1 fully saturated rings. The minimum absolute atomic E-state index is 0.00598. The second kappa shape index (κ2) is 6.17. The molecule has 7 heteroatoms. The molecule has 0 saturated carbocycles. The lowest BCUT2D eigenvalue weighted by atomic mass is 10.1. The van der Waals surface area contributed by atoms with E-state index in [-0.39, 0.29) is 15.9 Å². The molecular weight excluding hydrogens is 294 g/mol. The summed E-state index contributed by atoms with van der Waals surface area (Å²) in [4.78, 5) is 2.70. The molecule has 0 unspecified atom stereocenters. The molecule has 0 atom stereocenters. The van der Waals surface area contributed by atoms with E-state index in [2.05, 4.69) is 9.62 Å². The normalized spacial score (nSPS) is 18.1. The number of hydrogen-bond acceptors (Lipinski definition) is 4. The summed E-state index contributed by atoms with van der Waals surface area (Å²) >= 11 is 4.85. The third kappa shape index (κ3) is 3.76. The third-order valence-corrected chi connectivity index (χ3v) is 5.26. The maximum atomic E-state index is 12.3. The molecule has 3 N–H and O–H groups in total. The Bertz CT molecular complexity index is 576. The highest BCUT2D eigenvalue weighted by atomic mass is 32.2. The van der Waals surface area contributed by atoms with Gasteiger partial charge in [-0.1, -0.05) is 24.4 Å². The van der Waals surface area contributed by atoms with Gasteiger partial charge in [-0.25, -0.2) is 13.1 Å². The second-order valence-electron chi connectivity index (χ2n) is 5.09. The number of thiocarbonyl (C=S) groups is 1. The number of benzene rings is 1. The fourth-order valence-electron chi connectivity index (χ4n) is 2.21. The fraction of sp³-hybridized carbons (Fsp3) is 0.462. The average molecular weight is 313 g/mol. The van der Waals surface area contributed by atoms with Gasteiger partial charge in [0.05, 0.1) is 4.90 Å². The number of nitrogens with zero attached hydrogens (tertiary/aromatic N) is 1. The van der Waals surface area contributed by atoms with Crippen LogP contribution in [0.2, 0.25) is 0 Å². The summed E-state index contributed by atoms with van der Waals surface area (Å²) in [5.74, 6) is 0. The maximum Gasteiger partial charge on any atom is 0.240 e. The molecule has 0 spiro atoms. The predicted octanol–water partition coefficient (Wildman–Crippen LogP) is 0.693. The summed E-state index contributed by atoms with van der Waals surface area (Å²) in [5, 5.41) is 0. The largest absolute Gasteiger partial charge is 0.389 e. The van der Waals surface area contributed by atoms with Crippen LogP contribution in [0.3, 0.4) is 0 Å². The van der Waals surface area contributed by atoms with E-state index in [0.29, 0.717) is 5.56 Å². The van der Waals surface area contributed by atoms with Crippen LogP contribution in [0.25, 0.3) is 0 Å². The minimum atomic E-state index is -3.47. The average Bonchev–Trinajstić information content (AvgIpc) is 2.41. The number of rotatable bonds is 4. The van der Waals surface area contributed by atoms with Crippen molar-refractivity contribution in [3.8, 4) is 0 Å². The summed E-state index contributed by atoms with van der Waals surface area (Å²) in [5.41, 5.74) is 6.16. The van der Waals surface area contributed by atoms with E-state index in [1.807, 2.05) is 7.05 Å². The molecule has 0 radical (unpaired) electrons. The van der Waals surface area contributed by atoms with Crippen LogP contribution in [0.15, 0.2) is 29.2 Å². The van der Waals surface area contributed by atoms with Gasteiger partial charge in [-0.2, -0.15) is 0 Å². The van der Waals surface area contributed by atoms with Crippen LogP contribution in [0.1, 0.15) is 18.4 Å². The molecule has 110 valence electrons. The van der Waals surface area contributed by atoms with Gasteiger partial charge in [0.15, 0.2) is 0 Å². The Kier molecular flexibility index (Phi) is 4.74. The molecule has 0 aliphatic carbocycles. The molecule has 1 aromatic carbocycles. The van der Waals surface area contributed by atoms with Gasteiger partial charge < -0.3 is 10.6 Å². The van der Waals surface area contributed by atoms with Crippen LogP contribution in [-0.2, 0) is 10.0 Å². The van der Waals surface area contributed by atoms with Gasteiger partial charge >= 0.3 is 0 Å². The highest BCUT2D eigenvalue weighted by molar-refractivity contribution is 7.89. The fourth-order valence-corrected chi connectivity index (χ4v) is 3.65. The standard InChI is InChI=1S/C13H19N3O2S2/c1-16-8-6-11(7-9-16)15-20(17,18)12-4-2-10(3-5-12)13(14)19/h2-5,11,15H,6-9H2,1H3,(H2,14,19). The van der Waals surface area contributed by atoms with Crippen LogP contribution in [0, 0.1) is 0 Å². The van der Waals surface area contributed by atoms with Crippen LogP contribution >= 0.6 is 12.2 Å². The minimum Gasteiger partial charge on any atom is -0.389 e. The Morgan fingerprint density at radius 3 is 2.35 bits per heavy atom. The topological polar surface area (TPSA) is 75.4 Å². The van der Waals surface area contributed by atoms with Gasteiger partial charge in [-0.15, -0.1) is 0 Å². The van der Waals surface area contributed by atoms with Crippen LogP contribution in [0.4, 0.5) is 0 Å². The van der Waals surface area contributed by atoms with Crippen molar-refractivity contribution in [2.45, 2.75) is 23.8 Å². The summed E-state index contributed by atoms with van der Waals surface area (Å²) in [6, 6.07) is 6.33. The number of nitrogens with two attached hydrogens (primary N) is 1. The van der Waals surface area contributed by atoms with E-state index in [4.69, 9.17) is 18.0 Å². The second-order valence-corrected chi connectivity index (χ2v) is 7.24. The van der Waals surface area contributed by atoms with Crippen molar-refractivity contribution in [3.63, 3.8) is 0 Å². The zero-order valence-corrected chi connectivity index (χ0v) is 13.0. The van der Waals surface area contributed by atoms with E-state index in [1.165, 1.54) is 12.1 Å². The van der Waals surface area contributed by atoms with E-state index < -0.39 is 10.0 Å². The van der Waals surface area contributed by atoms with E-state index in [0.717, 1.165) is 25.9 Å². The monoisotopic (exact) mass is 313 g/mol. The molecule has 1 aliphatic heterocycles. The van der Waals surface area contributed by atoms with Gasteiger partial charge in [-0.3, -0.25) is 0 Å². The first-order valence-corrected chi connectivity index (χ1v) is 8.38. The van der Waals surface area contributed by atoms with Crippen LogP contribution in [0.5, 0.6) is 0 Å². The zero-order chi connectivity index (χ0) is 14.8. The van der Waals surface area contributed by atoms with Crippen molar-refractivity contribution < 1.29 is 8.42 Å². The number of nitrogens with one attached hydrogen (secondary N) is 1. The maximum absolute atomic E-state index is 12.3. The number of piperidine rings is 1. The van der Waals surface area contributed by atoms with Crippen molar-refractivity contribution in [1.29, 1.82) is 0 Å². The lowest BCUT2D eigenvalue weighted by molar-refractivity contribution is 0.248. The van der Waals surface area contributed by atoms with E-state index >= 15 is 0 Å². The first-order chi connectivity index (χ1) is 9.38. The summed E-state index contributed by atoms with van der Waals surface area (Å²) in [6.07, 6.45) is 1.67. The Hall–Kier alpha value is -1.02. The zero-order valence-electron chi connectivity index (χ0n) is 11.4. The Labute approximate surface area is 125 Å². The van der Waals surface area contributed by atoms with E-state index in [9.17, 15) is 8.42 Å². The molecule has 0 amide bonds. The predicted molar refractivity (Wildman–Crippen MR) is 83.2 cm³/mol. The summed E-state index contributed by atoms with van der Waals surface area (Å²) < 4.78 is 27.3. The highest BCUT2D eigenvalue weighted by Crippen LogP contribution is 2.15. The van der Waals surface area contributed by atoms with Crippen molar-refractivity contribution in [2.75, 3.05) is 20.1 Å². The molecule has 1 aromatic rings. The van der Waals surface area contributed by atoms with Crippen molar-refractivity contribution in [3.05, 3.63) is 29.8 Å². The highest BCUT2D eigenvalue weighted by Gasteiger charge is 2.23. The van der Waals surface area contributed by atoms with Crippen molar-refractivity contribution in [1.82, 2.24) is 9.62 Å². The van der Waals surface area contributed by atoms with Gasteiger partial charge in [0.2, 0.25) is 10.0 Å². The first kappa shape index (κ1) is 15.4. The Balaban J connectivity index is 2.08. The smallest absolute Gasteiger partial charge is 0.240 e. The molecule has 5 nitrogen and oxygen atoms in total. The van der Waals surface area contributed by atoms with Gasteiger partial charge in [0, 0.05) is 11.6 Å². The SMILES string of the molecule is CN1CCC(NS(=O)(=O)c2ccc(C(N)=S)cc2)CC1. The third-order valence-electron chi connectivity index (χ3n) is 3.49. The lowest BCUT2D eigenvalue weighted by Crippen LogP contribution is -2.43. The molecular formula is C13H19N3O2S2. The van der Waals surface area contributed by atoms with Gasteiger partial charge in [0.1, 0.15) is 4.99 Å². The van der Waals surface area contributed by atoms with Crippen molar-refractivity contribution in [2.24, 2.45) is 5.73 Å². The molecule has 20 heavy (non-hydrogen) atoms. The van der Waals surface area contributed by atoms with Crippen LogP contribution < -0.4 is 10.5 Å². The summed E-state index contributed by atoms with van der Waals surface area (Å²) in [6.45, 7) is 1.82. The first-order valence-electron chi connectivity index (χ1n) is 6.49. The molecule has 1 aliphatic rings. The number of sulfonamides is 1. The Morgan fingerprint density at radius 2 is 1.85 bits per heavy atom. The number of likely N-dealkylation sites (tertiary alicyclic amines) is 1. The lowest BCUT2D eigenvalue weighted by Gasteiger charge is -2.29. The van der Waals surface area contributed by atoms with Gasteiger partial charge in [-0.05, 0) is 45.1 Å². The molecule has 2 rings (SSSR count). The molecule has 1 saturated heterocycles. The van der Waals surface area contributed by atoms with Crippen LogP contribution in [-0.4, -0.2) is 44.5 Å². The molecule has 0 bridgehead atoms. The number of hydrogen-bond donors (Lipinski definition) is 2. The Morgan fingerprint density at radius 1 is 1.30 bits per heavy atom. The van der Waals surface area contributed by atoms with Gasteiger partial charge in [0.25, 0.3) is 0 Å².